The minimum absolute atomic E-state index is 0.0229. The van der Waals surface area contributed by atoms with E-state index in [0.29, 0.717) is 18.1 Å². The van der Waals surface area contributed by atoms with Crippen molar-refractivity contribution < 1.29 is 4.79 Å². The van der Waals surface area contributed by atoms with Gasteiger partial charge in [-0.1, -0.05) is 42.5 Å². The van der Waals surface area contributed by atoms with E-state index in [9.17, 15) is 4.79 Å². The molecule has 0 unspecified atom stereocenters. The van der Waals surface area contributed by atoms with E-state index < -0.39 is 0 Å². The SMILES string of the molecule is Cc1cccc(N(Cc2ccccc2)C(=O)CSCC#N)c1. The molecule has 2 aromatic carbocycles. The van der Waals surface area contributed by atoms with Crippen LogP contribution in [0.1, 0.15) is 11.1 Å². The second kappa shape index (κ2) is 8.26. The van der Waals surface area contributed by atoms with Gasteiger partial charge in [0.2, 0.25) is 5.91 Å². The normalized spacial score (nSPS) is 10.0. The van der Waals surface area contributed by atoms with Crippen molar-refractivity contribution in [1.82, 2.24) is 0 Å². The molecule has 0 saturated heterocycles. The van der Waals surface area contributed by atoms with Gasteiger partial charge in [-0.05, 0) is 30.2 Å². The summed E-state index contributed by atoms with van der Waals surface area (Å²) in [7, 11) is 0. The van der Waals surface area contributed by atoms with Gasteiger partial charge in [-0.25, -0.2) is 0 Å². The smallest absolute Gasteiger partial charge is 0.237 e. The van der Waals surface area contributed by atoms with Crippen molar-refractivity contribution in [2.75, 3.05) is 16.4 Å². The molecule has 0 aliphatic rings. The maximum absolute atomic E-state index is 12.5. The van der Waals surface area contributed by atoms with Crippen LogP contribution in [0, 0.1) is 18.3 Å². The molecule has 22 heavy (non-hydrogen) atoms. The molecule has 0 radical (unpaired) electrons. The maximum Gasteiger partial charge on any atom is 0.237 e. The monoisotopic (exact) mass is 310 g/mol. The molecule has 0 heterocycles. The lowest BCUT2D eigenvalue weighted by Crippen LogP contribution is -2.32. The molecule has 1 amide bonds. The van der Waals surface area contributed by atoms with Gasteiger partial charge in [-0.2, -0.15) is 5.26 Å². The van der Waals surface area contributed by atoms with Crippen molar-refractivity contribution in [2.45, 2.75) is 13.5 Å². The zero-order valence-corrected chi connectivity index (χ0v) is 13.3. The van der Waals surface area contributed by atoms with Crippen LogP contribution in [0.15, 0.2) is 54.6 Å². The fourth-order valence-electron chi connectivity index (χ4n) is 2.15. The molecule has 0 spiro atoms. The molecular weight excluding hydrogens is 292 g/mol. The Morgan fingerprint density at radius 3 is 2.64 bits per heavy atom. The Morgan fingerprint density at radius 1 is 1.18 bits per heavy atom. The van der Waals surface area contributed by atoms with Crippen LogP contribution in [0.4, 0.5) is 5.69 Å². The van der Waals surface area contributed by atoms with Crippen molar-refractivity contribution in [3.63, 3.8) is 0 Å². The van der Waals surface area contributed by atoms with E-state index in [2.05, 4.69) is 6.07 Å². The van der Waals surface area contributed by atoms with Crippen LogP contribution >= 0.6 is 11.8 Å². The number of rotatable bonds is 6. The van der Waals surface area contributed by atoms with Gasteiger partial charge in [0, 0.05) is 5.69 Å². The topological polar surface area (TPSA) is 44.1 Å². The number of thioether (sulfide) groups is 1. The van der Waals surface area contributed by atoms with Crippen molar-refractivity contribution in [2.24, 2.45) is 0 Å². The number of carbonyl (C=O) groups is 1. The van der Waals surface area contributed by atoms with E-state index in [-0.39, 0.29) is 5.91 Å². The zero-order chi connectivity index (χ0) is 15.8. The van der Waals surface area contributed by atoms with Crippen LogP contribution < -0.4 is 4.90 Å². The molecule has 2 rings (SSSR count). The number of carbonyl (C=O) groups excluding carboxylic acids is 1. The van der Waals surface area contributed by atoms with Gasteiger partial charge in [0.05, 0.1) is 24.1 Å². The van der Waals surface area contributed by atoms with Crippen LogP contribution in [0.5, 0.6) is 0 Å². The summed E-state index contributed by atoms with van der Waals surface area (Å²) in [5, 5.41) is 8.61. The van der Waals surface area contributed by atoms with E-state index >= 15 is 0 Å². The van der Waals surface area contributed by atoms with Crippen LogP contribution in [-0.2, 0) is 11.3 Å². The molecule has 4 heteroatoms. The summed E-state index contributed by atoms with van der Waals surface area (Å²) in [5.41, 5.74) is 3.10. The molecule has 0 fully saturated rings. The molecule has 0 atom stereocenters. The predicted molar refractivity (Wildman–Crippen MR) is 91.7 cm³/mol. The third-order valence-electron chi connectivity index (χ3n) is 3.19. The molecule has 0 aliphatic heterocycles. The first-order chi connectivity index (χ1) is 10.7. The molecule has 0 bridgehead atoms. The van der Waals surface area contributed by atoms with Crippen LogP contribution in [0.3, 0.4) is 0 Å². The average molecular weight is 310 g/mol. The molecule has 2 aromatic rings. The summed E-state index contributed by atoms with van der Waals surface area (Å²) in [4.78, 5) is 14.3. The van der Waals surface area contributed by atoms with E-state index in [1.807, 2.05) is 61.5 Å². The van der Waals surface area contributed by atoms with Crippen LogP contribution in [0.25, 0.3) is 0 Å². The number of aryl methyl sites for hydroxylation is 1. The third kappa shape index (κ3) is 4.64. The Kier molecular flexibility index (Phi) is 6.05. The number of hydrogen-bond donors (Lipinski definition) is 0. The lowest BCUT2D eigenvalue weighted by atomic mass is 10.1. The molecular formula is C18H18N2OS. The summed E-state index contributed by atoms with van der Waals surface area (Å²) in [6, 6.07) is 19.9. The van der Waals surface area contributed by atoms with Gasteiger partial charge in [-0.3, -0.25) is 4.79 Å². The Bertz CT molecular complexity index is 664. The second-order valence-corrected chi connectivity index (χ2v) is 5.94. The molecule has 0 aromatic heterocycles. The second-order valence-electron chi connectivity index (χ2n) is 4.96. The number of nitrogens with zero attached hydrogens (tertiary/aromatic N) is 2. The fraction of sp³-hybridized carbons (Fsp3) is 0.222. The lowest BCUT2D eigenvalue weighted by Gasteiger charge is -2.23. The van der Waals surface area contributed by atoms with Gasteiger partial charge in [0.25, 0.3) is 0 Å². The standard InChI is InChI=1S/C18H18N2OS/c1-15-6-5-9-17(12-15)20(18(21)14-22-11-10-19)13-16-7-3-2-4-8-16/h2-9,12H,11,13-14H2,1H3. The minimum Gasteiger partial charge on any atom is -0.307 e. The summed E-state index contributed by atoms with van der Waals surface area (Å²) in [6.07, 6.45) is 0. The molecule has 0 aliphatic carbocycles. The van der Waals surface area contributed by atoms with Crippen molar-refractivity contribution in [1.29, 1.82) is 5.26 Å². The average Bonchev–Trinajstić information content (AvgIpc) is 2.53. The first-order valence-electron chi connectivity index (χ1n) is 7.06. The Labute approximate surface area is 135 Å². The lowest BCUT2D eigenvalue weighted by molar-refractivity contribution is -0.116. The summed E-state index contributed by atoms with van der Waals surface area (Å²) in [6.45, 7) is 2.55. The fourth-order valence-corrected chi connectivity index (χ4v) is 2.67. The summed E-state index contributed by atoms with van der Waals surface area (Å²) in [5.74, 6) is 0.669. The predicted octanol–water partition coefficient (Wildman–Crippen LogP) is 3.79. The molecule has 0 N–H and O–H groups in total. The minimum atomic E-state index is 0.0229. The Balaban J connectivity index is 2.20. The van der Waals surface area contributed by atoms with Gasteiger partial charge in [-0.15, -0.1) is 11.8 Å². The van der Waals surface area contributed by atoms with Crippen molar-refractivity contribution >= 4 is 23.4 Å². The Hall–Kier alpha value is -2.25. The maximum atomic E-state index is 12.5. The van der Waals surface area contributed by atoms with Gasteiger partial charge >= 0.3 is 0 Å². The highest BCUT2D eigenvalue weighted by Crippen LogP contribution is 2.20. The van der Waals surface area contributed by atoms with Crippen LogP contribution in [-0.4, -0.2) is 17.4 Å². The van der Waals surface area contributed by atoms with Gasteiger partial charge in [0.1, 0.15) is 0 Å². The van der Waals surface area contributed by atoms with E-state index in [1.54, 1.807) is 4.90 Å². The van der Waals surface area contributed by atoms with E-state index in [1.165, 1.54) is 11.8 Å². The first-order valence-corrected chi connectivity index (χ1v) is 8.22. The number of nitriles is 1. The number of anilines is 1. The van der Waals surface area contributed by atoms with Crippen LogP contribution in [0.2, 0.25) is 0 Å². The van der Waals surface area contributed by atoms with E-state index in [0.717, 1.165) is 16.8 Å². The number of amides is 1. The third-order valence-corrected chi connectivity index (χ3v) is 3.97. The first kappa shape index (κ1) is 16.1. The summed E-state index contributed by atoms with van der Waals surface area (Å²) < 4.78 is 0. The van der Waals surface area contributed by atoms with Crippen molar-refractivity contribution in [3.8, 4) is 6.07 Å². The summed E-state index contributed by atoms with van der Waals surface area (Å²) >= 11 is 1.35. The number of benzene rings is 2. The van der Waals surface area contributed by atoms with Gasteiger partial charge in [0.15, 0.2) is 0 Å². The zero-order valence-electron chi connectivity index (χ0n) is 12.5. The number of hydrogen-bond acceptors (Lipinski definition) is 3. The highest BCUT2D eigenvalue weighted by molar-refractivity contribution is 8.00. The molecule has 0 saturated carbocycles. The molecule has 112 valence electrons. The Morgan fingerprint density at radius 2 is 1.95 bits per heavy atom. The van der Waals surface area contributed by atoms with E-state index in [4.69, 9.17) is 5.26 Å². The quantitative estimate of drug-likeness (QED) is 0.763. The molecule has 3 nitrogen and oxygen atoms in total. The van der Waals surface area contributed by atoms with Gasteiger partial charge < -0.3 is 4.90 Å². The van der Waals surface area contributed by atoms with Crippen molar-refractivity contribution in [3.05, 3.63) is 65.7 Å². The largest absolute Gasteiger partial charge is 0.307 e. The highest BCUT2D eigenvalue weighted by Gasteiger charge is 2.16. The highest BCUT2D eigenvalue weighted by atomic mass is 32.2.